The average Bonchev–Trinajstić information content (AvgIpc) is 2.41. The summed E-state index contributed by atoms with van der Waals surface area (Å²) in [5, 5.41) is 0. The van der Waals surface area contributed by atoms with E-state index in [1.54, 1.807) is 0 Å². The van der Waals surface area contributed by atoms with Crippen molar-refractivity contribution in [3.8, 4) is 0 Å². The second kappa shape index (κ2) is 6.87. The SMILES string of the molecule is CCC(C)N1CCN(Cc2ccc(I)cc2)CC1. The van der Waals surface area contributed by atoms with Gasteiger partial charge in [0.15, 0.2) is 0 Å². The first kappa shape index (κ1) is 14.3. The van der Waals surface area contributed by atoms with Crippen LogP contribution in [0.1, 0.15) is 25.8 Å². The van der Waals surface area contributed by atoms with Gasteiger partial charge in [0.05, 0.1) is 0 Å². The van der Waals surface area contributed by atoms with Crippen LogP contribution < -0.4 is 0 Å². The lowest BCUT2D eigenvalue weighted by atomic mass is 10.1. The van der Waals surface area contributed by atoms with E-state index < -0.39 is 0 Å². The molecule has 1 heterocycles. The fourth-order valence-corrected chi connectivity index (χ4v) is 2.83. The molecule has 2 rings (SSSR count). The van der Waals surface area contributed by atoms with Gasteiger partial charge in [0.25, 0.3) is 0 Å². The Balaban J connectivity index is 1.81. The minimum absolute atomic E-state index is 0.741. The Morgan fingerprint density at radius 3 is 2.28 bits per heavy atom. The number of piperazine rings is 1. The summed E-state index contributed by atoms with van der Waals surface area (Å²) >= 11 is 2.36. The number of hydrogen-bond acceptors (Lipinski definition) is 2. The molecule has 2 nitrogen and oxygen atoms in total. The molecule has 0 aromatic heterocycles. The second-order valence-corrected chi connectivity index (χ2v) is 6.44. The number of halogens is 1. The van der Waals surface area contributed by atoms with Gasteiger partial charge in [-0.05, 0) is 53.6 Å². The molecule has 1 atom stereocenters. The standard InChI is InChI=1S/C15H23IN2/c1-3-13(2)18-10-8-17(9-11-18)12-14-4-6-15(16)7-5-14/h4-7,13H,3,8-12H2,1-2H3. The molecule has 0 saturated carbocycles. The summed E-state index contributed by atoms with van der Waals surface area (Å²) in [5.41, 5.74) is 1.44. The van der Waals surface area contributed by atoms with Gasteiger partial charge in [-0.3, -0.25) is 9.80 Å². The van der Waals surface area contributed by atoms with E-state index in [0.29, 0.717) is 0 Å². The third-order valence-corrected chi connectivity index (χ3v) is 4.66. The first-order valence-electron chi connectivity index (χ1n) is 6.90. The molecule has 100 valence electrons. The van der Waals surface area contributed by atoms with Gasteiger partial charge in [0.1, 0.15) is 0 Å². The third-order valence-electron chi connectivity index (χ3n) is 3.94. The normalized spacial score (nSPS) is 19.9. The first-order chi connectivity index (χ1) is 8.69. The molecule has 0 radical (unpaired) electrons. The van der Waals surface area contributed by atoms with Crippen molar-refractivity contribution >= 4 is 22.6 Å². The maximum atomic E-state index is 2.62. The lowest BCUT2D eigenvalue weighted by Gasteiger charge is -2.37. The summed E-state index contributed by atoms with van der Waals surface area (Å²) in [6, 6.07) is 9.65. The van der Waals surface area contributed by atoms with E-state index in [1.807, 2.05) is 0 Å². The molecule has 1 aromatic rings. The summed E-state index contributed by atoms with van der Waals surface area (Å²) in [4.78, 5) is 5.19. The zero-order chi connectivity index (χ0) is 13.0. The van der Waals surface area contributed by atoms with Crippen molar-refractivity contribution in [2.75, 3.05) is 26.2 Å². The van der Waals surface area contributed by atoms with Crippen molar-refractivity contribution < 1.29 is 0 Å². The molecule has 18 heavy (non-hydrogen) atoms. The van der Waals surface area contributed by atoms with Crippen molar-refractivity contribution in [1.29, 1.82) is 0 Å². The van der Waals surface area contributed by atoms with E-state index in [9.17, 15) is 0 Å². The summed E-state index contributed by atoms with van der Waals surface area (Å²) in [6.45, 7) is 10.6. The molecule has 1 aliphatic rings. The Hall–Kier alpha value is -0.130. The third kappa shape index (κ3) is 3.93. The molecule has 0 amide bonds. The van der Waals surface area contributed by atoms with Crippen LogP contribution in [0.15, 0.2) is 24.3 Å². The van der Waals surface area contributed by atoms with Gasteiger partial charge in [-0.1, -0.05) is 19.1 Å². The Morgan fingerprint density at radius 2 is 1.72 bits per heavy atom. The van der Waals surface area contributed by atoms with Crippen LogP contribution in [0.3, 0.4) is 0 Å². The monoisotopic (exact) mass is 358 g/mol. The quantitative estimate of drug-likeness (QED) is 0.763. The second-order valence-electron chi connectivity index (χ2n) is 5.20. The smallest absolute Gasteiger partial charge is 0.0234 e. The van der Waals surface area contributed by atoms with Crippen LogP contribution in [0.4, 0.5) is 0 Å². The van der Waals surface area contributed by atoms with Gasteiger partial charge in [0.2, 0.25) is 0 Å². The van der Waals surface area contributed by atoms with Gasteiger partial charge in [-0.25, -0.2) is 0 Å². The topological polar surface area (TPSA) is 6.48 Å². The maximum Gasteiger partial charge on any atom is 0.0234 e. The first-order valence-corrected chi connectivity index (χ1v) is 7.97. The van der Waals surface area contributed by atoms with E-state index in [-0.39, 0.29) is 0 Å². The van der Waals surface area contributed by atoms with Crippen molar-refractivity contribution in [2.45, 2.75) is 32.9 Å². The van der Waals surface area contributed by atoms with Crippen LogP contribution in [0.2, 0.25) is 0 Å². The average molecular weight is 358 g/mol. The van der Waals surface area contributed by atoms with Gasteiger partial charge >= 0.3 is 0 Å². The number of benzene rings is 1. The van der Waals surface area contributed by atoms with Crippen molar-refractivity contribution in [2.24, 2.45) is 0 Å². The molecule has 1 aliphatic heterocycles. The molecule has 0 bridgehead atoms. The molecule has 0 spiro atoms. The molecule has 1 unspecified atom stereocenters. The van der Waals surface area contributed by atoms with Crippen LogP contribution in [0.5, 0.6) is 0 Å². The van der Waals surface area contributed by atoms with Gasteiger partial charge in [-0.2, -0.15) is 0 Å². The molecule has 0 aliphatic carbocycles. The number of rotatable bonds is 4. The van der Waals surface area contributed by atoms with Crippen LogP contribution in [0, 0.1) is 3.57 Å². The Bertz CT molecular complexity index is 355. The molecule has 0 N–H and O–H groups in total. The molecule has 1 aromatic carbocycles. The molecular formula is C15H23IN2. The van der Waals surface area contributed by atoms with Crippen LogP contribution in [-0.4, -0.2) is 42.0 Å². The summed E-state index contributed by atoms with van der Waals surface area (Å²) in [5.74, 6) is 0. The largest absolute Gasteiger partial charge is 0.298 e. The minimum Gasteiger partial charge on any atom is -0.298 e. The fourth-order valence-electron chi connectivity index (χ4n) is 2.47. The summed E-state index contributed by atoms with van der Waals surface area (Å²) in [6.07, 6.45) is 1.26. The van der Waals surface area contributed by atoms with Crippen molar-refractivity contribution in [1.82, 2.24) is 9.80 Å². The Kier molecular flexibility index (Phi) is 5.45. The molecule has 3 heteroatoms. The molecule has 1 saturated heterocycles. The van der Waals surface area contributed by atoms with E-state index >= 15 is 0 Å². The van der Waals surface area contributed by atoms with Crippen LogP contribution >= 0.6 is 22.6 Å². The molecular weight excluding hydrogens is 335 g/mol. The zero-order valence-electron chi connectivity index (χ0n) is 11.4. The van der Waals surface area contributed by atoms with E-state index in [2.05, 4.69) is 70.5 Å². The van der Waals surface area contributed by atoms with E-state index in [1.165, 1.54) is 41.7 Å². The predicted octanol–water partition coefficient (Wildman–Crippen LogP) is 3.21. The highest BCUT2D eigenvalue weighted by Gasteiger charge is 2.19. The van der Waals surface area contributed by atoms with Gasteiger partial charge < -0.3 is 0 Å². The Labute approximate surface area is 124 Å². The predicted molar refractivity (Wildman–Crippen MR) is 85.8 cm³/mol. The van der Waals surface area contributed by atoms with Crippen LogP contribution in [0.25, 0.3) is 0 Å². The maximum absolute atomic E-state index is 2.62. The van der Waals surface area contributed by atoms with Crippen molar-refractivity contribution in [3.63, 3.8) is 0 Å². The van der Waals surface area contributed by atoms with Crippen LogP contribution in [-0.2, 0) is 6.54 Å². The number of nitrogens with zero attached hydrogens (tertiary/aromatic N) is 2. The fraction of sp³-hybridized carbons (Fsp3) is 0.600. The van der Waals surface area contributed by atoms with E-state index in [4.69, 9.17) is 0 Å². The van der Waals surface area contributed by atoms with Gasteiger partial charge in [0, 0.05) is 42.3 Å². The highest BCUT2D eigenvalue weighted by Crippen LogP contribution is 2.13. The minimum atomic E-state index is 0.741. The summed E-state index contributed by atoms with van der Waals surface area (Å²) in [7, 11) is 0. The van der Waals surface area contributed by atoms with Crippen molar-refractivity contribution in [3.05, 3.63) is 33.4 Å². The van der Waals surface area contributed by atoms with Gasteiger partial charge in [-0.15, -0.1) is 0 Å². The molecule has 1 fully saturated rings. The highest BCUT2D eigenvalue weighted by atomic mass is 127. The lowest BCUT2D eigenvalue weighted by Crippen LogP contribution is -2.48. The number of hydrogen-bond donors (Lipinski definition) is 0. The zero-order valence-corrected chi connectivity index (χ0v) is 13.6. The summed E-state index contributed by atoms with van der Waals surface area (Å²) < 4.78 is 1.32. The van der Waals surface area contributed by atoms with E-state index in [0.717, 1.165) is 12.6 Å². The Morgan fingerprint density at radius 1 is 1.11 bits per heavy atom. The highest BCUT2D eigenvalue weighted by molar-refractivity contribution is 14.1. The lowest BCUT2D eigenvalue weighted by molar-refractivity contribution is 0.0964.